The van der Waals surface area contributed by atoms with Crippen molar-refractivity contribution < 1.29 is 4.79 Å². The van der Waals surface area contributed by atoms with E-state index in [1.807, 2.05) is 16.8 Å². The van der Waals surface area contributed by atoms with Gasteiger partial charge in [0.15, 0.2) is 0 Å². The number of H-pyrrole nitrogens is 2. The van der Waals surface area contributed by atoms with Crippen LogP contribution in [0.25, 0.3) is 21.9 Å². The van der Waals surface area contributed by atoms with Gasteiger partial charge in [0.25, 0.3) is 5.56 Å². The number of fused-ring (bicyclic) bond motifs is 3. The minimum Gasteiger partial charge on any atom is -0.346 e. The number of nitrogens with one attached hydrogen (secondary N) is 2. The predicted octanol–water partition coefficient (Wildman–Crippen LogP) is 1.53. The first-order chi connectivity index (χ1) is 12.1. The number of rotatable bonds is 2. The number of hydrogen-bond donors (Lipinski definition) is 2. The van der Waals surface area contributed by atoms with Crippen LogP contribution in [0.2, 0.25) is 0 Å². The number of carbonyl (C=O) groups excluding carboxylic acids is 1. The van der Waals surface area contributed by atoms with E-state index in [-0.39, 0.29) is 23.9 Å². The Kier molecular flexibility index (Phi) is 3.57. The van der Waals surface area contributed by atoms with E-state index in [9.17, 15) is 9.59 Å². The van der Waals surface area contributed by atoms with Crippen LogP contribution >= 0.6 is 0 Å². The molecule has 0 aliphatic carbocycles. The molecule has 2 atom stereocenters. The van der Waals surface area contributed by atoms with Gasteiger partial charge in [0.2, 0.25) is 5.91 Å². The minimum absolute atomic E-state index is 0.0536. The van der Waals surface area contributed by atoms with Crippen LogP contribution in [0.4, 0.5) is 0 Å². The number of nitriles is 1. The first-order valence-electron chi connectivity index (χ1n) is 8.31. The van der Waals surface area contributed by atoms with Crippen LogP contribution in [0.15, 0.2) is 23.3 Å². The average Bonchev–Trinajstić information content (AvgIpc) is 3.20. The van der Waals surface area contributed by atoms with Crippen molar-refractivity contribution >= 4 is 27.8 Å². The third-order valence-corrected chi connectivity index (χ3v) is 5.10. The van der Waals surface area contributed by atoms with Gasteiger partial charge in [-0.25, -0.2) is 4.98 Å². The van der Waals surface area contributed by atoms with Gasteiger partial charge in [-0.2, -0.15) is 5.26 Å². The van der Waals surface area contributed by atoms with E-state index in [0.29, 0.717) is 24.4 Å². The zero-order chi connectivity index (χ0) is 17.6. The Labute approximate surface area is 143 Å². The lowest BCUT2D eigenvalue weighted by atomic mass is 9.93. The monoisotopic (exact) mass is 338 g/mol. The summed E-state index contributed by atoms with van der Waals surface area (Å²) in [5, 5.41) is 13.1. The van der Waals surface area contributed by atoms with Crippen molar-refractivity contribution in [3.05, 3.63) is 28.8 Å². The lowest BCUT2D eigenvalue weighted by molar-refractivity contribution is -0.132. The normalized spacial score (nSPS) is 20.9. The fourth-order valence-electron chi connectivity index (χ4n) is 3.68. The summed E-state index contributed by atoms with van der Waals surface area (Å²) >= 11 is 0. The first-order valence-corrected chi connectivity index (χ1v) is 8.31. The number of amides is 1. The number of pyridine rings is 1. The first kappa shape index (κ1) is 15.4. The highest BCUT2D eigenvalue weighted by Crippen LogP contribution is 2.31. The van der Waals surface area contributed by atoms with Gasteiger partial charge in [-0.15, -0.1) is 0 Å². The molecule has 4 rings (SSSR count). The van der Waals surface area contributed by atoms with Crippen molar-refractivity contribution in [1.29, 1.82) is 5.26 Å². The average molecular weight is 338 g/mol. The molecule has 0 aromatic carbocycles. The quantitative estimate of drug-likeness (QED) is 0.738. The Bertz CT molecular complexity index is 1050. The molecule has 1 amide bonds. The van der Waals surface area contributed by atoms with E-state index in [1.165, 1.54) is 0 Å². The van der Waals surface area contributed by atoms with Gasteiger partial charge in [0.1, 0.15) is 12.1 Å². The van der Waals surface area contributed by atoms with Crippen LogP contribution in [-0.2, 0) is 4.79 Å². The molecule has 0 bridgehead atoms. The largest absolute Gasteiger partial charge is 0.346 e. The molecule has 3 aromatic rings. The molecular formula is C17H18N6O2. The van der Waals surface area contributed by atoms with E-state index in [2.05, 4.69) is 22.0 Å². The lowest BCUT2D eigenvalue weighted by Gasteiger charge is -2.37. The third-order valence-electron chi connectivity index (χ3n) is 5.10. The van der Waals surface area contributed by atoms with Crippen molar-refractivity contribution in [2.45, 2.75) is 25.8 Å². The van der Waals surface area contributed by atoms with Gasteiger partial charge in [0, 0.05) is 30.9 Å². The van der Waals surface area contributed by atoms with Crippen LogP contribution in [0.3, 0.4) is 0 Å². The Morgan fingerprint density at radius 1 is 1.48 bits per heavy atom. The van der Waals surface area contributed by atoms with Gasteiger partial charge < -0.3 is 9.88 Å². The van der Waals surface area contributed by atoms with E-state index >= 15 is 0 Å². The lowest BCUT2D eigenvalue weighted by Crippen LogP contribution is -2.44. The Morgan fingerprint density at radius 2 is 2.32 bits per heavy atom. The smallest absolute Gasteiger partial charge is 0.273 e. The molecule has 2 unspecified atom stereocenters. The maximum Gasteiger partial charge on any atom is 0.273 e. The number of aromatic nitrogens is 4. The standard InChI is InChI=1S/C17H18N6O2/c1-10-4-7-22(14(24)2-5-18)9-13(10)23-15-11-3-6-19-16(11)20-8-12(15)17(25)21-23/h3,6,8,10,13H,2,4,7,9H2,1H3,(H,19,20)(H,21,25). The fourth-order valence-corrected chi connectivity index (χ4v) is 3.68. The number of aromatic amines is 2. The fraction of sp³-hybridized carbons (Fsp3) is 0.412. The molecule has 1 aliphatic heterocycles. The number of piperidine rings is 1. The maximum atomic E-state index is 12.4. The summed E-state index contributed by atoms with van der Waals surface area (Å²) in [6.45, 7) is 3.24. The molecule has 0 radical (unpaired) electrons. The second-order valence-corrected chi connectivity index (χ2v) is 6.58. The van der Waals surface area contributed by atoms with Gasteiger partial charge in [-0.3, -0.25) is 19.4 Å². The van der Waals surface area contributed by atoms with Crippen molar-refractivity contribution in [3.63, 3.8) is 0 Å². The molecule has 4 heterocycles. The highest BCUT2D eigenvalue weighted by atomic mass is 16.2. The Balaban J connectivity index is 1.82. The highest BCUT2D eigenvalue weighted by molar-refractivity contribution is 6.02. The summed E-state index contributed by atoms with van der Waals surface area (Å²) in [5.74, 6) is 0.131. The molecule has 8 heteroatoms. The number of carbonyl (C=O) groups is 1. The van der Waals surface area contributed by atoms with Crippen molar-refractivity contribution in [1.82, 2.24) is 24.6 Å². The van der Waals surface area contributed by atoms with Crippen LogP contribution in [0.5, 0.6) is 0 Å². The maximum absolute atomic E-state index is 12.4. The minimum atomic E-state index is -0.182. The molecular weight excluding hydrogens is 320 g/mol. The Morgan fingerprint density at radius 3 is 3.12 bits per heavy atom. The number of likely N-dealkylation sites (tertiary alicyclic amines) is 1. The summed E-state index contributed by atoms with van der Waals surface area (Å²) < 4.78 is 1.88. The molecule has 2 N–H and O–H groups in total. The van der Waals surface area contributed by atoms with Gasteiger partial charge in [0.05, 0.1) is 23.0 Å². The second kappa shape index (κ2) is 5.77. The molecule has 3 aromatic heterocycles. The van der Waals surface area contributed by atoms with Crippen molar-refractivity contribution in [3.8, 4) is 6.07 Å². The zero-order valence-electron chi connectivity index (χ0n) is 13.8. The Hall–Kier alpha value is -3.08. The number of nitrogens with zero attached hydrogens (tertiary/aromatic N) is 4. The molecule has 25 heavy (non-hydrogen) atoms. The van der Waals surface area contributed by atoms with E-state index in [1.54, 1.807) is 17.3 Å². The SMILES string of the molecule is CC1CCN(C(=O)CC#N)CC1n1[nH]c(=O)c2cnc3[nH]ccc3c21. The van der Waals surface area contributed by atoms with Gasteiger partial charge in [-0.1, -0.05) is 6.92 Å². The summed E-state index contributed by atoms with van der Waals surface area (Å²) in [6.07, 6.45) is 4.09. The summed E-state index contributed by atoms with van der Waals surface area (Å²) in [4.78, 5) is 33.6. The van der Waals surface area contributed by atoms with Crippen molar-refractivity contribution in [2.75, 3.05) is 13.1 Å². The summed E-state index contributed by atoms with van der Waals surface area (Å²) in [7, 11) is 0. The molecule has 0 spiro atoms. The van der Waals surface area contributed by atoms with Crippen LogP contribution in [-0.4, -0.2) is 43.6 Å². The van der Waals surface area contributed by atoms with E-state index in [0.717, 1.165) is 23.0 Å². The molecule has 0 saturated carbocycles. The zero-order valence-corrected chi connectivity index (χ0v) is 13.8. The van der Waals surface area contributed by atoms with Gasteiger partial charge in [-0.05, 0) is 18.4 Å². The van der Waals surface area contributed by atoms with E-state index in [4.69, 9.17) is 5.26 Å². The highest BCUT2D eigenvalue weighted by Gasteiger charge is 2.31. The van der Waals surface area contributed by atoms with E-state index < -0.39 is 0 Å². The summed E-state index contributed by atoms with van der Waals surface area (Å²) in [6, 6.07) is 3.77. The van der Waals surface area contributed by atoms with Crippen molar-refractivity contribution in [2.24, 2.45) is 5.92 Å². The van der Waals surface area contributed by atoms with Crippen LogP contribution < -0.4 is 5.56 Å². The molecule has 8 nitrogen and oxygen atoms in total. The molecule has 1 saturated heterocycles. The summed E-state index contributed by atoms with van der Waals surface area (Å²) in [5.41, 5.74) is 1.35. The molecule has 128 valence electrons. The van der Waals surface area contributed by atoms with Gasteiger partial charge >= 0.3 is 0 Å². The third kappa shape index (κ3) is 2.39. The predicted molar refractivity (Wildman–Crippen MR) is 91.8 cm³/mol. The molecule has 1 fully saturated rings. The number of hydrogen-bond acceptors (Lipinski definition) is 4. The van der Waals surface area contributed by atoms with Crippen LogP contribution in [0.1, 0.15) is 25.8 Å². The topological polar surface area (TPSA) is 111 Å². The van der Waals surface area contributed by atoms with Crippen LogP contribution in [0, 0.1) is 17.2 Å². The molecule has 1 aliphatic rings. The second-order valence-electron chi connectivity index (χ2n) is 6.58.